The van der Waals surface area contributed by atoms with Crippen LogP contribution in [0, 0.1) is 21.7 Å². The quantitative estimate of drug-likeness (QED) is 0.685. The normalized spacial score (nSPS) is 21.3. The molecule has 21 heavy (non-hydrogen) atoms. The summed E-state index contributed by atoms with van der Waals surface area (Å²) in [6.45, 7) is 2.32. The van der Waals surface area contributed by atoms with Gasteiger partial charge in [0.15, 0.2) is 11.6 Å². The van der Waals surface area contributed by atoms with Crippen molar-refractivity contribution in [2.75, 3.05) is 12.3 Å². The number of hydrogen-bond donors (Lipinski definition) is 1. The Morgan fingerprint density at radius 2 is 2.14 bits per heavy atom. The van der Waals surface area contributed by atoms with Crippen LogP contribution in [0.3, 0.4) is 0 Å². The lowest BCUT2D eigenvalue weighted by molar-refractivity contribution is -0.385. The van der Waals surface area contributed by atoms with E-state index >= 15 is 0 Å². The van der Waals surface area contributed by atoms with E-state index in [4.69, 9.17) is 0 Å². The fourth-order valence-corrected chi connectivity index (χ4v) is 3.45. The molecule has 1 heterocycles. The molecule has 0 aliphatic carbocycles. The third-order valence-electron chi connectivity index (χ3n) is 3.40. The van der Waals surface area contributed by atoms with Crippen molar-refractivity contribution in [2.45, 2.75) is 24.5 Å². The van der Waals surface area contributed by atoms with Gasteiger partial charge in [0, 0.05) is 11.3 Å². The van der Waals surface area contributed by atoms with Crippen LogP contribution in [0.5, 0.6) is 0 Å². The molecule has 114 valence electrons. The predicted octanol–water partition coefficient (Wildman–Crippen LogP) is 2.89. The van der Waals surface area contributed by atoms with E-state index in [1.165, 1.54) is 0 Å². The molecule has 1 aromatic carbocycles. The number of nitrogens with one attached hydrogen (secondary N) is 1. The summed E-state index contributed by atoms with van der Waals surface area (Å²) in [5, 5.41) is 13.4. The first-order valence-electron chi connectivity index (χ1n) is 6.38. The van der Waals surface area contributed by atoms with E-state index in [9.17, 15) is 23.7 Å². The minimum Gasteiger partial charge on any atom is -0.350 e. The average Bonchev–Trinajstić information content (AvgIpc) is 2.86. The first-order chi connectivity index (χ1) is 9.82. The molecule has 1 saturated heterocycles. The Morgan fingerprint density at radius 1 is 1.48 bits per heavy atom. The van der Waals surface area contributed by atoms with Gasteiger partial charge in [-0.1, -0.05) is 0 Å². The summed E-state index contributed by atoms with van der Waals surface area (Å²) < 4.78 is 26.2. The molecule has 1 unspecified atom stereocenters. The third-order valence-corrected chi connectivity index (χ3v) is 4.94. The van der Waals surface area contributed by atoms with Crippen molar-refractivity contribution in [1.82, 2.24) is 5.32 Å². The van der Waals surface area contributed by atoms with E-state index in [1.807, 2.05) is 6.92 Å². The Morgan fingerprint density at radius 3 is 2.71 bits per heavy atom. The molecule has 1 aromatic rings. The van der Waals surface area contributed by atoms with Crippen LogP contribution < -0.4 is 5.32 Å². The van der Waals surface area contributed by atoms with Gasteiger partial charge in [-0.2, -0.15) is 11.8 Å². The zero-order valence-corrected chi connectivity index (χ0v) is 12.1. The molecule has 0 radical (unpaired) electrons. The molecule has 2 rings (SSSR count). The molecule has 1 N–H and O–H groups in total. The maximum Gasteiger partial charge on any atom is 0.285 e. The molecular weight excluding hydrogens is 302 g/mol. The van der Waals surface area contributed by atoms with Crippen molar-refractivity contribution in [3.63, 3.8) is 0 Å². The summed E-state index contributed by atoms with van der Waals surface area (Å²) >= 11 is 1.72. The highest BCUT2D eigenvalue weighted by Gasteiger charge is 2.31. The van der Waals surface area contributed by atoms with Gasteiger partial charge in [0.2, 0.25) is 0 Å². The molecule has 5 nitrogen and oxygen atoms in total. The number of hydrogen-bond acceptors (Lipinski definition) is 4. The number of rotatable bonds is 4. The molecule has 0 saturated carbocycles. The number of benzene rings is 1. The van der Waals surface area contributed by atoms with E-state index in [2.05, 4.69) is 5.32 Å². The lowest BCUT2D eigenvalue weighted by atomic mass is 10.1. The SMILES string of the molecule is CC1(CNC(=O)c2cc(F)c(F)cc2[N+](=O)[O-])CCCS1. The second-order valence-electron chi connectivity index (χ2n) is 5.13. The van der Waals surface area contributed by atoms with Gasteiger partial charge >= 0.3 is 0 Å². The lowest BCUT2D eigenvalue weighted by Crippen LogP contribution is -2.37. The summed E-state index contributed by atoms with van der Waals surface area (Å²) in [5.41, 5.74) is -1.21. The van der Waals surface area contributed by atoms with E-state index in [0.29, 0.717) is 18.7 Å². The molecule has 8 heteroatoms. The molecule has 0 aromatic heterocycles. The Hall–Kier alpha value is -1.70. The fraction of sp³-hybridized carbons (Fsp3) is 0.462. The maximum absolute atomic E-state index is 13.2. The standard InChI is InChI=1S/C13H14F2N2O3S/c1-13(3-2-4-21-13)7-16-12(18)8-5-9(14)10(15)6-11(8)17(19)20/h5-6H,2-4,7H2,1H3,(H,16,18). The molecule has 1 atom stereocenters. The van der Waals surface area contributed by atoms with Crippen LogP contribution in [0.4, 0.5) is 14.5 Å². The van der Waals surface area contributed by atoms with Gasteiger partial charge in [-0.3, -0.25) is 14.9 Å². The van der Waals surface area contributed by atoms with Crippen LogP contribution in [-0.4, -0.2) is 27.9 Å². The molecule has 1 aliphatic heterocycles. The second-order valence-corrected chi connectivity index (χ2v) is 6.81. The molecule has 1 fully saturated rings. The smallest absolute Gasteiger partial charge is 0.285 e. The van der Waals surface area contributed by atoms with Crippen molar-refractivity contribution in [3.05, 3.63) is 39.4 Å². The lowest BCUT2D eigenvalue weighted by Gasteiger charge is -2.22. The summed E-state index contributed by atoms with van der Waals surface area (Å²) in [4.78, 5) is 22.0. The Bertz CT molecular complexity index is 589. The van der Waals surface area contributed by atoms with Crippen LogP contribution in [0.15, 0.2) is 12.1 Å². The van der Waals surface area contributed by atoms with Gasteiger partial charge in [0.05, 0.1) is 11.0 Å². The van der Waals surface area contributed by atoms with Crippen LogP contribution >= 0.6 is 11.8 Å². The summed E-state index contributed by atoms with van der Waals surface area (Å²) in [5.74, 6) is -2.41. The largest absolute Gasteiger partial charge is 0.350 e. The monoisotopic (exact) mass is 316 g/mol. The maximum atomic E-state index is 13.2. The number of halogens is 2. The minimum atomic E-state index is -1.35. The van der Waals surface area contributed by atoms with Gasteiger partial charge in [0.25, 0.3) is 11.6 Å². The molecule has 1 aliphatic rings. The topological polar surface area (TPSA) is 72.2 Å². The van der Waals surface area contributed by atoms with Gasteiger partial charge in [-0.15, -0.1) is 0 Å². The summed E-state index contributed by atoms with van der Waals surface area (Å²) in [6.07, 6.45) is 1.97. The number of nitrogens with zero attached hydrogens (tertiary/aromatic N) is 1. The highest BCUT2D eigenvalue weighted by Crippen LogP contribution is 2.37. The van der Waals surface area contributed by atoms with Gasteiger partial charge in [-0.25, -0.2) is 8.78 Å². The number of carbonyl (C=O) groups is 1. The van der Waals surface area contributed by atoms with Gasteiger partial charge in [-0.05, 0) is 31.6 Å². The molecule has 0 bridgehead atoms. The summed E-state index contributed by atoms with van der Waals surface area (Å²) in [7, 11) is 0. The zero-order valence-electron chi connectivity index (χ0n) is 11.3. The van der Waals surface area contributed by atoms with Crippen molar-refractivity contribution in [3.8, 4) is 0 Å². The zero-order chi connectivity index (χ0) is 15.6. The molecular formula is C13H14F2N2O3S. The van der Waals surface area contributed by atoms with E-state index in [-0.39, 0.29) is 4.75 Å². The van der Waals surface area contributed by atoms with E-state index < -0.39 is 33.7 Å². The first-order valence-corrected chi connectivity index (χ1v) is 7.36. The van der Waals surface area contributed by atoms with Crippen molar-refractivity contribution >= 4 is 23.4 Å². The van der Waals surface area contributed by atoms with Gasteiger partial charge in [0.1, 0.15) is 5.56 Å². The first kappa shape index (κ1) is 15.7. The fourth-order valence-electron chi connectivity index (χ4n) is 2.21. The second kappa shape index (κ2) is 5.97. The Labute approximate surface area is 124 Å². The third kappa shape index (κ3) is 3.49. The highest BCUT2D eigenvalue weighted by atomic mass is 32.2. The average molecular weight is 316 g/mol. The van der Waals surface area contributed by atoms with Crippen LogP contribution in [0.2, 0.25) is 0 Å². The van der Waals surface area contributed by atoms with Crippen LogP contribution in [0.25, 0.3) is 0 Å². The number of nitro groups is 1. The van der Waals surface area contributed by atoms with E-state index in [0.717, 1.165) is 18.6 Å². The Balaban J connectivity index is 2.18. The highest BCUT2D eigenvalue weighted by molar-refractivity contribution is 8.00. The molecule has 0 spiro atoms. The predicted molar refractivity (Wildman–Crippen MR) is 75.4 cm³/mol. The number of amides is 1. The van der Waals surface area contributed by atoms with Crippen LogP contribution in [-0.2, 0) is 0 Å². The van der Waals surface area contributed by atoms with Gasteiger partial charge < -0.3 is 5.32 Å². The number of carbonyl (C=O) groups excluding carboxylic acids is 1. The number of nitro benzene ring substituents is 1. The summed E-state index contributed by atoms with van der Waals surface area (Å²) in [6, 6.07) is 0.989. The minimum absolute atomic E-state index is 0.122. The van der Waals surface area contributed by atoms with Crippen molar-refractivity contribution < 1.29 is 18.5 Å². The number of thioether (sulfide) groups is 1. The van der Waals surface area contributed by atoms with Crippen molar-refractivity contribution in [2.24, 2.45) is 0 Å². The van der Waals surface area contributed by atoms with Crippen LogP contribution in [0.1, 0.15) is 30.1 Å². The molecule has 1 amide bonds. The van der Waals surface area contributed by atoms with E-state index in [1.54, 1.807) is 11.8 Å². The van der Waals surface area contributed by atoms with Crippen molar-refractivity contribution in [1.29, 1.82) is 0 Å². The Kier molecular flexibility index (Phi) is 4.46.